The summed E-state index contributed by atoms with van der Waals surface area (Å²) in [5, 5.41) is 3.00. The van der Waals surface area contributed by atoms with Crippen molar-refractivity contribution in [2.75, 3.05) is 57.1 Å². The first-order chi connectivity index (χ1) is 15.4. The number of ether oxygens (including phenoxy) is 1. The zero-order chi connectivity index (χ0) is 23.2. The van der Waals surface area contributed by atoms with Crippen LogP contribution in [0.2, 0.25) is 0 Å². The van der Waals surface area contributed by atoms with E-state index in [1.807, 2.05) is 26.0 Å². The average molecular weight is 471 g/mol. The molecule has 1 saturated heterocycles. The maximum Gasteiger partial charge on any atom is 0.236 e. The van der Waals surface area contributed by atoms with E-state index in [0.29, 0.717) is 45.3 Å². The minimum atomic E-state index is -3.46. The van der Waals surface area contributed by atoms with Crippen molar-refractivity contribution in [1.82, 2.24) is 14.4 Å². The summed E-state index contributed by atoms with van der Waals surface area (Å²) < 4.78 is 31.9. The highest BCUT2D eigenvalue weighted by Crippen LogP contribution is 2.12. The maximum absolute atomic E-state index is 12.7. The van der Waals surface area contributed by atoms with Crippen molar-refractivity contribution in [1.29, 1.82) is 0 Å². The molecule has 0 aromatic carbocycles. The highest BCUT2D eigenvalue weighted by molar-refractivity contribution is 7.88. The molecule has 0 atom stereocenters. The highest BCUT2D eigenvalue weighted by atomic mass is 32.2. The fourth-order valence-electron chi connectivity index (χ4n) is 3.30. The first-order valence-electron chi connectivity index (χ1n) is 11.3. The van der Waals surface area contributed by atoms with Crippen LogP contribution in [0.4, 0.5) is 5.69 Å². The number of guanidine groups is 1. The van der Waals surface area contributed by atoms with Crippen LogP contribution in [0.5, 0.6) is 0 Å². The van der Waals surface area contributed by atoms with Crippen molar-refractivity contribution in [3.8, 4) is 0 Å². The number of nitrogens with one attached hydrogen (secondary N) is 1. The lowest BCUT2D eigenvalue weighted by Gasteiger charge is -2.29. The quantitative estimate of drug-likeness (QED) is 0.182. The van der Waals surface area contributed by atoms with Gasteiger partial charge >= 0.3 is 0 Å². The van der Waals surface area contributed by atoms with E-state index < -0.39 is 10.0 Å². The van der Waals surface area contributed by atoms with Crippen molar-refractivity contribution in [3.63, 3.8) is 0 Å². The predicted octanol–water partition coefficient (Wildman–Crippen LogP) is 1.67. The van der Waals surface area contributed by atoms with Gasteiger partial charge in [-0.05, 0) is 38.8 Å². The molecule has 1 aliphatic heterocycles. The minimum Gasteiger partial charge on any atom is -0.379 e. The average Bonchev–Trinajstić information content (AvgIpc) is 2.77. The third-order valence-electron chi connectivity index (χ3n) is 4.97. The summed E-state index contributed by atoms with van der Waals surface area (Å²) >= 11 is 0. The SMILES string of the molecule is CC(C)N(OCCN1CCOCC1)S(=O)(=O)CCCCCCN=C(N)Nc1ccncc1. The Morgan fingerprint density at radius 2 is 1.94 bits per heavy atom. The van der Waals surface area contributed by atoms with E-state index in [0.717, 1.165) is 38.0 Å². The molecule has 11 heteroatoms. The van der Waals surface area contributed by atoms with Gasteiger partial charge in [0.05, 0.1) is 25.6 Å². The maximum atomic E-state index is 12.7. The molecule has 0 spiro atoms. The number of aromatic nitrogens is 1. The molecular weight excluding hydrogens is 432 g/mol. The Bertz CT molecular complexity index is 770. The molecule has 1 fully saturated rings. The number of hydrogen-bond acceptors (Lipinski definition) is 7. The number of aliphatic imine (C=N–C) groups is 1. The topological polar surface area (TPSA) is 122 Å². The molecule has 10 nitrogen and oxygen atoms in total. The number of anilines is 1. The van der Waals surface area contributed by atoms with Gasteiger partial charge in [-0.1, -0.05) is 17.3 Å². The normalized spacial score (nSPS) is 16.1. The second kappa shape index (κ2) is 14.4. The van der Waals surface area contributed by atoms with Crippen LogP contribution in [0.1, 0.15) is 39.5 Å². The fraction of sp³-hybridized carbons (Fsp3) is 0.714. The van der Waals surface area contributed by atoms with Crippen LogP contribution >= 0.6 is 0 Å². The molecule has 32 heavy (non-hydrogen) atoms. The van der Waals surface area contributed by atoms with Crippen molar-refractivity contribution in [2.24, 2.45) is 10.7 Å². The molecule has 3 N–H and O–H groups in total. The summed E-state index contributed by atoms with van der Waals surface area (Å²) in [6, 6.07) is 3.39. The standard InChI is InChI=1S/C21H38N6O4S/c1-19(2)27(31-17-14-26-12-15-30-16-13-26)32(28,29)18-6-4-3-5-9-24-21(22)25-20-7-10-23-11-8-20/h7-8,10-11,19H,3-6,9,12-18H2,1-2H3,(H3,22,23,24,25). The van der Waals surface area contributed by atoms with Crippen LogP contribution in [0.15, 0.2) is 29.5 Å². The van der Waals surface area contributed by atoms with Crippen LogP contribution < -0.4 is 11.1 Å². The molecule has 2 rings (SSSR count). The lowest BCUT2D eigenvalue weighted by molar-refractivity contribution is -0.112. The van der Waals surface area contributed by atoms with Gasteiger partial charge in [-0.3, -0.25) is 19.7 Å². The van der Waals surface area contributed by atoms with Gasteiger partial charge in [-0.25, -0.2) is 8.42 Å². The molecule has 0 aliphatic carbocycles. The van der Waals surface area contributed by atoms with Crippen LogP contribution in [0.3, 0.4) is 0 Å². The number of morpholine rings is 1. The smallest absolute Gasteiger partial charge is 0.236 e. The van der Waals surface area contributed by atoms with E-state index in [1.165, 1.54) is 4.47 Å². The largest absolute Gasteiger partial charge is 0.379 e. The van der Waals surface area contributed by atoms with Gasteiger partial charge in [-0.2, -0.15) is 0 Å². The molecule has 2 heterocycles. The lowest BCUT2D eigenvalue weighted by atomic mass is 10.2. The number of rotatable bonds is 14. The number of nitrogens with two attached hydrogens (primary N) is 1. The zero-order valence-corrected chi connectivity index (χ0v) is 20.1. The Morgan fingerprint density at radius 3 is 2.62 bits per heavy atom. The molecule has 182 valence electrons. The van der Waals surface area contributed by atoms with Crippen molar-refractivity contribution in [2.45, 2.75) is 45.6 Å². The number of hydrogen-bond donors (Lipinski definition) is 2. The van der Waals surface area contributed by atoms with Crippen molar-refractivity contribution in [3.05, 3.63) is 24.5 Å². The van der Waals surface area contributed by atoms with Gasteiger partial charge in [0.2, 0.25) is 10.0 Å². The first-order valence-corrected chi connectivity index (χ1v) is 12.9. The Morgan fingerprint density at radius 1 is 1.25 bits per heavy atom. The van der Waals surface area contributed by atoms with Crippen molar-refractivity contribution < 1.29 is 18.0 Å². The third kappa shape index (κ3) is 10.2. The second-order valence-electron chi connectivity index (χ2n) is 7.99. The Labute approximate surface area is 192 Å². The van der Waals surface area contributed by atoms with E-state index in [-0.39, 0.29) is 11.8 Å². The van der Waals surface area contributed by atoms with Crippen LogP contribution in [0, 0.1) is 0 Å². The van der Waals surface area contributed by atoms with E-state index in [2.05, 4.69) is 20.2 Å². The fourth-order valence-corrected chi connectivity index (χ4v) is 4.92. The number of unbranched alkanes of at least 4 members (excludes halogenated alkanes) is 3. The predicted molar refractivity (Wildman–Crippen MR) is 127 cm³/mol. The Balaban J connectivity index is 1.62. The minimum absolute atomic E-state index is 0.0811. The Hall–Kier alpha value is -1.79. The van der Waals surface area contributed by atoms with Gasteiger partial charge in [0.15, 0.2) is 5.96 Å². The summed E-state index contributed by atoms with van der Waals surface area (Å²) in [6.45, 7) is 8.44. The van der Waals surface area contributed by atoms with Gasteiger partial charge in [0, 0.05) is 50.3 Å². The van der Waals surface area contributed by atoms with Gasteiger partial charge in [0.1, 0.15) is 0 Å². The second-order valence-corrected chi connectivity index (χ2v) is 9.93. The first kappa shape index (κ1) is 26.5. The molecule has 0 saturated carbocycles. The summed E-state index contributed by atoms with van der Waals surface area (Å²) in [7, 11) is -3.46. The molecule has 0 radical (unpaired) electrons. The lowest BCUT2D eigenvalue weighted by Crippen LogP contribution is -2.42. The molecule has 1 aliphatic rings. The van der Waals surface area contributed by atoms with E-state index in [1.54, 1.807) is 12.4 Å². The van der Waals surface area contributed by atoms with E-state index in [9.17, 15) is 8.42 Å². The zero-order valence-electron chi connectivity index (χ0n) is 19.3. The summed E-state index contributed by atoms with van der Waals surface area (Å²) in [6.07, 6.45) is 6.50. The van der Waals surface area contributed by atoms with E-state index >= 15 is 0 Å². The summed E-state index contributed by atoms with van der Waals surface area (Å²) in [4.78, 5) is 16.1. The monoisotopic (exact) mass is 470 g/mol. The molecule has 1 aromatic rings. The number of pyridine rings is 1. The Kier molecular flexibility index (Phi) is 11.9. The third-order valence-corrected chi connectivity index (χ3v) is 6.85. The number of sulfonamides is 1. The van der Waals surface area contributed by atoms with Gasteiger partial charge in [0.25, 0.3) is 0 Å². The van der Waals surface area contributed by atoms with Crippen LogP contribution in [-0.2, 0) is 19.6 Å². The van der Waals surface area contributed by atoms with Crippen LogP contribution in [-0.4, -0.2) is 86.5 Å². The van der Waals surface area contributed by atoms with Crippen molar-refractivity contribution >= 4 is 21.7 Å². The molecule has 0 amide bonds. The number of hydroxylamine groups is 1. The molecular formula is C21H38N6O4S. The highest BCUT2D eigenvalue weighted by Gasteiger charge is 2.26. The van der Waals surface area contributed by atoms with Crippen LogP contribution in [0.25, 0.3) is 0 Å². The molecule has 0 bridgehead atoms. The summed E-state index contributed by atoms with van der Waals surface area (Å²) in [5.41, 5.74) is 6.70. The number of nitrogens with zero attached hydrogens (tertiary/aromatic N) is 4. The van der Waals surface area contributed by atoms with Gasteiger partial charge in [-0.15, -0.1) is 0 Å². The van der Waals surface area contributed by atoms with E-state index in [4.69, 9.17) is 15.3 Å². The molecule has 0 unspecified atom stereocenters. The molecule has 1 aromatic heterocycles. The summed E-state index contributed by atoms with van der Waals surface area (Å²) in [5.74, 6) is 0.443. The van der Waals surface area contributed by atoms with Gasteiger partial charge < -0.3 is 15.8 Å².